The van der Waals surface area contributed by atoms with E-state index in [4.69, 9.17) is 9.94 Å². The van der Waals surface area contributed by atoms with E-state index < -0.39 is 6.09 Å². The molecule has 0 bridgehead atoms. The molecular formula is C17H31N3O3. The van der Waals surface area contributed by atoms with Crippen LogP contribution in [0, 0.1) is 5.92 Å². The zero-order valence-corrected chi connectivity index (χ0v) is 14.7. The van der Waals surface area contributed by atoms with E-state index in [0.29, 0.717) is 25.0 Å². The van der Waals surface area contributed by atoms with Gasteiger partial charge in [-0.25, -0.2) is 4.79 Å². The monoisotopic (exact) mass is 325 g/mol. The van der Waals surface area contributed by atoms with Gasteiger partial charge in [0, 0.05) is 25.0 Å². The highest BCUT2D eigenvalue weighted by atomic mass is 16.6. The van der Waals surface area contributed by atoms with Crippen LogP contribution in [-0.4, -0.2) is 65.0 Å². The average molecular weight is 325 g/mol. The molecule has 0 radical (unpaired) electrons. The second-order valence-electron chi connectivity index (χ2n) is 7.05. The molecule has 2 rings (SSSR count). The molecule has 0 aromatic heterocycles. The highest BCUT2D eigenvalue weighted by Gasteiger charge is 2.28. The van der Waals surface area contributed by atoms with E-state index in [1.807, 2.05) is 13.8 Å². The van der Waals surface area contributed by atoms with Crippen LogP contribution in [0.5, 0.6) is 0 Å². The summed E-state index contributed by atoms with van der Waals surface area (Å²) in [5.41, 5.74) is 1.11. The summed E-state index contributed by atoms with van der Waals surface area (Å²) in [6, 6.07) is 0.532. The third-order valence-electron chi connectivity index (χ3n) is 5.01. The van der Waals surface area contributed by atoms with Gasteiger partial charge >= 0.3 is 6.09 Å². The van der Waals surface area contributed by atoms with Gasteiger partial charge in [-0.3, -0.25) is 0 Å². The molecule has 2 fully saturated rings. The molecule has 1 N–H and O–H groups in total. The molecule has 1 unspecified atom stereocenters. The number of oxime groups is 1. The number of piperidine rings is 1. The van der Waals surface area contributed by atoms with Gasteiger partial charge in [0.05, 0.1) is 5.71 Å². The molecule has 23 heavy (non-hydrogen) atoms. The lowest BCUT2D eigenvalue weighted by molar-refractivity contribution is 0.0822. The molecule has 0 saturated carbocycles. The van der Waals surface area contributed by atoms with E-state index in [9.17, 15) is 4.79 Å². The molecule has 1 amide bonds. The topological polar surface area (TPSA) is 65.4 Å². The Morgan fingerprint density at radius 1 is 1.13 bits per heavy atom. The van der Waals surface area contributed by atoms with Crippen LogP contribution < -0.4 is 0 Å². The number of amides is 1. The van der Waals surface area contributed by atoms with Gasteiger partial charge in [0.15, 0.2) is 0 Å². The number of nitrogens with zero attached hydrogens (tertiary/aromatic N) is 3. The van der Waals surface area contributed by atoms with Crippen molar-refractivity contribution in [1.82, 2.24) is 9.80 Å². The number of hydrogen-bond acceptors (Lipinski definition) is 4. The van der Waals surface area contributed by atoms with Crippen LogP contribution in [0.15, 0.2) is 5.16 Å². The van der Waals surface area contributed by atoms with Crippen LogP contribution in [0.3, 0.4) is 0 Å². The maximum Gasteiger partial charge on any atom is 0.407 e. The summed E-state index contributed by atoms with van der Waals surface area (Å²) in [5.74, 6) is 0.520. The first-order chi connectivity index (χ1) is 11.0. The van der Waals surface area contributed by atoms with Crippen LogP contribution >= 0.6 is 0 Å². The Morgan fingerprint density at radius 3 is 2.43 bits per heavy atom. The van der Waals surface area contributed by atoms with E-state index in [1.165, 1.54) is 0 Å². The minimum atomic E-state index is -0.777. The number of carboxylic acid groups (broad SMARTS) is 1. The lowest BCUT2D eigenvalue weighted by Gasteiger charge is -2.37. The van der Waals surface area contributed by atoms with Crippen LogP contribution in [0.2, 0.25) is 0 Å². The van der Waals surface area contributed by atoms with Crippen molar-refractivity contribution in [3.8, 4) is 0 Å². The fourth-order valence-corrected chi connectivity index (χ4v) is 3.58. The molecule has 0 aromatic rings. The SMILES string of the molecule is C/C(=N\OC(C)C)C1CCN(C2CCCN(C(=O)O)CC2)CC1. The predicted molar refractivity (Wildman–Crippen MR) is 90.9 cm³/mol. The Balaban J connectivity index is 1.80. The van der Waals surface area contributed by atoms with Gasteiger partial charge in [0.25, 0.3) is 0 Å². The molecule has 0 spiro atoms. The zero-order valence-electron chi connectivity index (χ0n) is 14.7. The van der Waals surface area contributed by atoms with Crippen molar-refractivity contribution in [3.05, 3.63) is 0 Å². The van der Waals surface area contributed by atoms with Crippen molar-refractivity contribution in [3.63, 3.8) is 0 Å². The van der Waals surface area contributed by atoms with Crippen molar-refractivity contribution in [1.29, 1.82) is 0 Å². The quantitative estimate of drug-likeness (QED) is 0.637. The second-order valence-corrected chi connectivity index (χ2v) is 7.05. The molecule has 0 aromatic carbocycles. The van der Waals surface area contributed by atoms with E-state index >= 15 is 0 Å². The average Bonchev–Trinajstić information content (AvgIpc) is 2.79. The number of rotatable bonds is 4. The van der Waals surface area contributed by atoms with E-state index in [-0.39, 0.29) is 6.10 Å². The van der Waals surface area contributed by atoms with E-state index in [0.717, 1.165) is 50.9 Å². The molecule has 2 aliphatic heterocycles. The Hall–Kier alpha value is -1.30. The maximum absolute atomic E-state index is 11.1. The van der Waals surface area contributed by atoms with Crippen molar-refractivity contribution in [2.75, 3.05) is 26.2 Å². The lowest BCUT2D eigenvalue weighted by Crippen LogP contribution is -2.43. The number of likely N-dealkylation sites (tertiary alicyclic amines) is 2. The first kappa shape index (κ1) is 18.0. The zero-order chi connectivity index (χ0) is 16.8. The third kappa shape index (κ3) is 5.37. The molecule has 1 atom stereocenters. The highest BCUT2D eigenvalue weighted by molar-refractivity contribution is 5.83. The van der Waals surface area contributed by atoms with Crippen LogP contribution in [0.1, 0.15) is 52.9 Å². The number of hydrogen-bond donors (Lipinski definition) is 1. The second kappa shape index (κ2) is 8.52. The van der Waals surface area contributed by atoms with E-state index in [2.05, 4.69) is 17.0 Å². The lowest BCUT2D eigenvalue weighted by atomic mass is 9.91. The molecule has 2 heterocycles. The van der Waals surface area contributed by atoms with Crippen molar-refractivity contribution in [2.45, 2.75) is 65.0 Å². The molecule has 2 saturated heterocycles. The molecule has 6 nitrogen and oxygen atoms in total. The van der Waals surface area contributed by atoms with Crippen molar-refractivity contribution in [2.24, 2.45) is 11.1 Å². The van der Waals surface area contributed by atoms with Gasteiger partial charge in [0.1, 0.15) is 6.10 Å². The molecule has 2 aliphatic rings. The van der Waals surface area contributed by atoms with Gasteiger partial charge in [-0.05, 0) is 66.0 Å². The van der Waals surface area contributed by atoms with Gasteiger partial charge in [-0.15, -0.1) is 0 Å². The molecule has 6 heteroatoms. The normalized spacial score (nSPS) is 25.5. The summed E-state index contributed by atoms with van der Waals surface area (Å²) in [6.07, 6.45) is 4.64. The molecule has 132 valence electrons. The summed E-state index contributed by atoms with van der Waals surface area (Å²) in [4.78, 5) is 20.6. The van der Waals surface area contributed by atoms with Gasteiger partial charge < -0.3 is 19.7 Å². The minimum absolute atomic E-state index is 0.133. The van der Waals surface area contributed by atoms with Crippen LogP contribution in [0.25, 0.3) is 0 Å². The summed E-state index contributed by atoms with van der Waals surface area (Å²) >= 11 is 0. The van der Waals surface area contributed by atoms with Crippen molar-refractivity contribution >= 4 is 11.8 Å². The predicted octanol–water partition coefficient (Wildman–Crippen LogP) is 3.03. The summed E-state index contributed by atoms with van der Waals surface area (Å²) < 4.78 is 0. The Morgan fingerprint density at radius 2 is 1.83 bits per heavy atom. The van der Waals surface area contributed by atoms with Gasteiger partial charge in [-0.2, -0.15) is 0 Å². The largest absolute Gasteiger partial charge is 0.465 e. The van der Waals surface area contributed by atoms with E-state index in [1.54, 1.807) is 4.90 Å². The fourth-order valence-electron chi connectivity index (χ4n) is 3.58. The van der Waals surface area contributed by atoms with Gasteiger partial charge in [-0.1, -0.05) is 5.16 Å². The maximum atomic E-state index is 11.1. The van der Waals surface area contributed by atoms with Gasteiger partial charge in [0.2, 0.25) is 0 Å². The Bertz CT molecular complexity index is 417. The summed E-state index contributed by atoms with van der Waals surface area (Å²) in [5, 5.41) is 13.4. The molecular weight excluding hydrogens is 294 g/mol. The van der Waals surface area contributed by atoms with Crippen molar-refractivity contribution < 1.29 is 14.7 Å². The minimum Gasteiger partial charge on any atom is -0.465 e. The van der Waals surface area contributed by atoms with Crippen LogP contribution in [-0.2, 0) is 4.84 Å². The van der Waals surface area contributed by atoms with Crippen LogP contribution in [0.4, 0.5) is 4.79 Å². The molecule has 0 aliphatic carbocycles. The Labute approximate surface area is 139 Å². The fraction of sp³-hybridized carbons (Fsp3) is 0.882. The first-order valence-corrected chi connectivity index (χ1v) is 8.89. The standard InChI is InChI=1S/C17H31N3O3/c1-13(2)23-18-14(3)15-6-10-19(11-7-15)16-5-4-9-20(12-8-16)17(21)22/h13,15-16H,4-12H2,1-3H3,(H,21,22)/b18-14+. The first-order valence-electron chi connectivity index (χ1n) is 8.89. The highest BCUT2D eigenvalue weighted by Crippen LogP contribution is 2.25. The Kier molecular flexibility index (Phi) is 6.69. The summed E-state index contributed by atoms with van der Waals surface area (Å²) in [7, 11) is 0. The smallest absolute Gasteiger partial charge is 0.407 e. The number of carbonyl (C=O) groups is 1. The summed E-state index contributed by atoms with van der Waals surface area (Å²) in [6.45, 7) is 9.56. The third-order valence-corrected chi connectivity index (χ3v) is 5.01.